The van der Waals surface area contributed by atoms with Crippen LogP contribution in [0, 0.1) is 0 Å². The Morgan fingerprint density at radius 2 is 1.81 bits per heavy atom. The Bertz CT molecular complexity index is 779. The molecule has 0 bridgehead atoms. The molecular formula is C15H13NO4S. The first-order valence-corrected chi connectivity index (χ1v) is 7.69. The van der Waals surface area contributed by atoms with Crippen molar-refractivity contribution >= 4 is 16.1 Å². The highest BCUT2D eigenvalue weighted by atomic mass is 32.2. The quantitative estimate of drug-likeness (QED) is 0.629. The van der Waals surface area contributed by atoms with Crippen molar-refractivity contribution in [1.82, 2.24) is 0 Å². The first-order chi connectivity index (χ1) is 10.1. The van der Waals surface area contributed by atoms with E-state index in [2.05, 4.69) is 4.40 Å². The lowest BCUT2D eigenvalue weighted by Gasteiger charge is -2.10. The van der Waals surface area contributed by atoms with Gasteiger partial charge in [-0.25, -0.2) is 4.79 Å². The molecular weight excluding hydrogens is 290 g/mol. The van der Waals surface area contributed by atoms with E-state index in [1.807, 2.05) is 30.3 Å². The number of isocyanates is 1. The number of nitrogens with zero attached hydrogens (tertiary/aromatic N) is 1. The van der Waals surface area contributed by atoms with Crippen molar-refractivity contribution in [2.75, 3.05) is 6.61 Å². The third-order valence-electron chi connectivity index (χ3n) is 2.79. The Balaban J connectivity index is 2.62. The van der Waals surface area contributed by atoms with Crippen LogP contribution >= 0.6 is 0 Å². The molecule has 0 unspecified atom stereocenters. The molecule has 2 aromatic carbocycles. The summed E-state index contributed by atoms with van der Waals surface area (Å²) in [6.07, 6.45) is 1.07. The molecule has 0 saturated heterocycles. The molecule has 2 rings (SSSR count). The SMILES string of the molecule is CCOc1ccc(-c2ccccc2)cc1S(=O)(=O)N=C=O. The van der Waals surface area contributed by atoms with E-state index in [1.165, 1.54) is 6.07 Å². The zero-order valence-electron chi connectivity index (χ0n) is 11.3. The zero-order valence-corrected chi connectivity index (χ0v) is 12.1. The molecule has 0 aliphatic heterocycles. The largest absolute Gasteiger partial charge is 0.492 e. The summed E-state index contributed by atoms with van der Waals surface area (Å²) in [5.41, 5.74) is 1.55. The van der Waals surface area contributed by atoms with Crippen molar-refractivity contribution in [3.63, 3.8) is 0 Å². The van der Waals surface area contributed by atoms with Crippen LogP contribution in [0.2, 0.25) is 0 Å². The molecule has 0 spiro atoms. The number of benzene rings is 2. The van der Waals surface area contributed by atoms with Gasteiger partial charge < -0.3 is 4.74 Å². The van der Waals surface area contributed by atoms with E-state index >= 15 is 0 Å². The van der Waals surface area contributed by atoms with Crippen molar-refractivity contribution in [3.8, 4) is 16.9 Å². The summed E-state index contributed by atoms with van der Waals surface area (Å²) < 4.78 is 32.2. The highest BCUT2D eigenvalue weighted by Gasteiger charge is 2.20. The number of carbonyl (C=O) groups excluding carboxylic acids is 1. The fourth-order valence-corrected chi connectivity index (χ4v) is 2.75. The molecule has 0 fully saturated rings. The van der Waals surface area contributed by atoms with Crippen molar-refractivity contribution in [1.29, 1.82) is 0 Å². The average molecular weight is 303 g/mol. The Morgan fingerprint density at radius 3 is 2.43 bits per heavy atom. The lowest BCUT2D eigenvalue weighted by molar-refractivity contribution is 0.331. The van der Waals surface area contributed by atoms with E-state index in [-0.39, 0.29) is 10.6 Å². The normalized spacial score (nSPS) is 10.7. The Morgan fingerprint density at radius 1 is 1.10 bits per heavy atom. The summed E-state index contributed by atoms with van der Waals surface area (Å²) in [5, 5.41) is 0. The number of rotatable bonds is 5. The number of ether oxygens (including phenoxy) is 1. The van der Waals surface area contributed by atoms with Gasteiger partial charge in [-0.2, -0.15) is 8.42 Å². The lowest BCUT2D eigenvalue weighted by Crippen LogP contribution is -2.02. The lowest BCUT2D eigenvalue weighted by atomic mass is 10.1. The van der Waals surface area contributed by atoms with Crippen molar-refractivity contribution < 1.29 is 17.9 Å². The topological polar surface area (TPSA) is 72.8 Å². The van der Waals surface area contributed by atoms with E-state index in [0.717, 1.165) is 11.6 Å². The van der Waals surface area contributed by atoms with E-state index in [0.29, 0.717) is 12.2 Å². The molecule has 6 heteroatoms. The molecule has 108 valence electrons. The van der Waals surface area contributed by atoms with Crippen LogP contribution in [0.3, 0.4) is 0 Å². The molecule has 5 nitrogen and oxygen atoms in total. The van der Waals surface area contributed by atoms with Crippen LogP contribution in [0.5, 0.6) is 5.75 Å². The molecule has 0 aromatic heterocycles. The van der Waals surface area contributed by atoms with Gasteiger partial charge in [0.25, 0.3) is 16.1 Å². The summed E-state index contributed by atoms with van der Waals surface area (Å²) in [5.74, 6) is 0.163. The molecule has 0 radical (unpaired) electrons. The van der Waals surface area contributed by atoms with Crippen LogP contribution < -0.4 is 4.74 Å². The summed E-state index contributed by atoms with van der Waals surface area (Å²) in [4.78, 5) is 10.2. The summed E-state index contributed by atoms with van der Waals surface area (Å²) in [6.45, 7) is 2.04. The van der Waals surface area contributed by atoms with Crippen LogP contribution in [0.15, 0.2) is 57.8 Å². The Kier molecular flexibility index (Phi) is 4.52. The molecule has 0 atom stereocenters. The Hall–Kier alpha value is -2.43. The maximum Gasteiger partial charge on any atom is 0.296 e. The van der Waals surface area contributed by atoms with Crippen molar-refractivity contribution in [3.05, 3.63) is 48.5 Å². The maximum atomic E-state index is 12.0. The molecule has 0 aliphatic carbocycles. The first-order valence-electron chi connectivity index (χ1n) is 6.25. The monoisotopic (exact) mass is 303 g/mol. The molecule has 2 aromatic rings. The van der Waals surface area contributed by atoms with Gasteiger partial charge in [0.1, 0.15) is 10.6 Å². The van der Waals surface area contributed by atoms with Gasteiger partial charge in [0, 0.05) is 0 Å². The first kappa shape index (κ1) is 15.0. The van der Waals surface area contributed by atoms with E-state index in [4.69, 9.17) is 4.74 Å². The third-order valence-corrected chi connectivity index (χ3v) is 3.98. The number of hydrogen-bond donors (Lipinski definition) is 0. The third kappa shape index (κ3) is 3.37. The smallest absolute Gasteiger partial charge is 0.296 e. The highest BCUT2D eigenvalue weighted by Crippen LogP contribution is 2.31. The summed E-state index contributed by atoms with van der Waals surface area (Å²) in [7, 11) is -4.12. The Labute approximate surface area is 123 Å². The van der Waals surface area contributed by atoms with Crippen molar-refractivity contribution in [2.45, 2.75) is 11.8 Å². The van der Waals surface area contributed by atoms with Gasteiger partial charge in [-0.3, -0.25) is 0 Å². The fourth-order valence-electron chi connectivity index (χ4n) is 1.89. The summed E-state index contributed by atoms with van der Waals surface area (Å²) >= 11 is 0. The van der Waals surface area contributed by atoms with Gasteiger partial charge in [-0.05, 0) is 30.2 Å². The van der Waals surface area contributed by atoms with Gasteiger partial charge in [-0.1, -0.05) is 40.8 Å². The van der Waals surface area contributed by atoms with Gasteiger partial charge in [0.2, 0.25) is 0 Å². The molecule has 0 heterocycles. The number of sulfonamides is 1. The molecule has 21 heavy (non-hydrogen) atoms. The van der Waals surface area contributed by atoms with Crippen LogP contribution in [0.1, 0.15) is 6.92 Å². The minimum atomic E-state index is -4.12. The van der Waals surface area contributed by atoms with E-state index in [9.17, 15) is 13.2 Å². The second kappa shape index (κ2) is 6.35. The minimum Gasteiger partial charge on any atom is -0.492 e. The second-order valence-electron chi connectivity index (χ2n) is 4.12. The van der Waals surface area contributed by atoms with Crippen LogP contribution in [-0.2, 0) is 14.8 Å². The second-order valence-corrected chi connectivity index (χ2v) is 5.69. The molecule has 0 amide bonds. The van der Waals surface area contributed by atoms with Gasteiger partial charge in [0.05, 0.1) is 6.61 Å². The average Bonchev–Trinajstić information content (AvgIpc) is 2.48. The molecule has 0 saturated carbocycles. The highest BCUT2D eigenvalue weighted by molar-refractivity contribution is 7.90. The van der Waals surface area contributed by atoms with Crippen LogP contribution in [0.4, 0.5) is 0 Å². The molecule has 0 aliphatic rings. The van der Waals surface area contributed by atoms with Crippen LogP contribution in [-0.4, -0.2) is 21.1 Å². The standard InChI is InChI=1S/C15H13NO4S/c1-2-20-14-9-8-13(12-6-4-3-5-7-12)10-15(14)21(18,19)16-11-17/h3-10H,2H2,1H3. The minimum absolute atomic E-state index is 0.144. The van der Waals surface area contributed by atoms with Gasteiger partial charge >= 0.3 is 0 Å². The summed E-state index contributed by atoms with van der Waals surface area (Å²) in [6, 6.07) is 14.0. The maximum absolute atomic E-state index is 12.0. The van der Waals surface area contributed by atoms with Crippen LogP contribution in [0.25, 0.3) is 11.1 Å². The molecule has 0 N–H and O–H groups in total. The fraction of sp³-hybridized carbons (Fsp3) is 0.133. The van der Waals surface area contributed by atoms with Crippen molar-refractivity contribution in [2.24, 2.45) is 4.40 Å². The van der Waals surface area contributed by atoms with Gasteiger partial charge in [0.15, 0.2) is 0 Å². The zero-order chi connectivity index (χ0) is 15.3. The number of hydrogen-bond acceptors (Lipinski definition) is 4. The van der Waals surface area contributed by atoms with Gasteiger partial charge in [-0.15, -0.1) is 0 Å². The predicted molar refractivity (Wildman–Crippen MR) is 78.4 cm³/mol. The predicted octanol–water partition coefficient (Wildman–Crippen LogP) is 2.78. The van der Waals surface area contributed by atoms with E-state index in [1.54, 1.807) is 19.1 Å². The van der Waals surface area contributed by atoms with E-state index < -0.39 is 10.0 Å².